The first kappa shape index (κ1) is 20.5. The molecule has 0 saturated carbocycles. The highest BCUT2D eigenvalue weighted by atomic mass is 35.5. The molecule has 2 fully saturated rings. The van der Waals surface area contributed by atoms with Gasteiger partial charge in [-0.15, -0.1) is 12.4 Å². The second-order valence-corrected chi connectivity index (χ2v) is 6.92. The van der Waals surface area contributed by atoms with E-state index in [1.165, 1.54) is 0 Å². The van der Waals surface area contributed by atoms with Gasteiger partial charge < -0.3 is 19.9 Å². The number of piperidine rings is 1. The maximum Gasteiger partial charge on any atom is 0.263 e. The van der Waals surface area contributed by atoms with Crippen LogP contribution in [0.25, 0.3) is 0 Å². The Bertz CT molecular complexity index is 623. The summed E-state index contributed by atoms with van der Waals surface area (Å²) in [5.74, 6) is 0.833. The fourth-order valence-electron chi connectivity index (χ4n) is 3.55. The van der Waals surface area contributed by atoms with E-state index in [-0.39, 0.29) is 30.3 Å². The number of carbonyl (C=O) groups is 2. The molecule has 2 saturated heterocycles. The lowest BCUT2D eigenvalue weighted by Gasteiger charge is -2.41. The van der Waals surface area contributed by atoms with Crippen LogP contribution in [0.1, 0.15) is 25.3 Å². The number of nitrogens with zero attached hydrogens (tertiary/aromatic N) is 2. The maximum atomic E-state index is 12.8. The molecule has 0 aromatic heterocycles. The molecule has 0 spiro atoms. The molecule has 2 atom stereocenters. The Morgan fingerprint density at radius 3 is 2.69 bits per heavy atom. The molecule has 0 bridgehead atoms. The van der Waals surface area contributed by atoms with Gasteiger partial charge in [-0.1, -0.05) is 17.7 Å². The number of likely N-dealkylation sites (tertiary alicyclic amines) is 1. The minimum atomic E-state index is -0.528. The number of aryl methyl sites for hydroxylation is 1. The Morgan fingerprint density at radius 1 is 1.27 bits per heavy atom. The van der Waals surface area contributed by atoms with Gasteiger partial charge in [0.2, 0.25) is 5.91 Å². The van der Waals surface area contributed by atoms with Crippen LogP contribution in [0.5, 0.6) is 5.75 Å². The van der Waals surface area contributed by atoms with E-state index in [2.05, 4.69) is 5.32 Å². The van der Waals surface area contributed by atoms with Crippen molar-refractivity contribution in [3.8, 4) is 5.75 Å². The molecular formula is C19H28ClN3O3. The number of hydrogen-bond donors (Lipinski definition) is 1. The Morgan fingerprint density at radius 2 is 2.00 bits per heavy atom. The third-order valence-electron chi connectivity index (χ3n) is 4.96. The summed E-state index contributed by atoms with van der Waals surface area (Å²) in [6.45, 7) is 7.09. The van der Waals surface area contributed by atoms with Gasteiger partial charge in [0.05, 0.1) is 6.54 Å². The number of hydrogen-bond acceptors (Lipinski definition) is 4. The molecule has 7 heteroatoms. The van der Waals surface area contributed by atoms with Crippen LogP contribution in [-0.2, 0) is 9.59 Å². The monoisotopic (exact) mass is 381 g/mol. The summed E-state index contributed by atoms with van der Waals surface area (Å²) >= 11 is 0. The average molecular weight is 382 g/mol. The van der Waals surface area contributed by atoms with Crippen molar-refractivity contribution in [3.05, 3.63) is 29.8 Å². The van der Waals surface area contributed by atoms with Gasteiger partial charge in [0.1, 0.15) is 5.75 Å². The molecule has 1 N–H and O–H groups in total. The topological polar surface area (TPSA) is 61.9 Å². The number of halogens is 1. The molecule has 1 aromatic carbocycles. The van der Waals surface area contributed by atoms with Crippen molar-refractivity contribution in [3.63, 3.8) is 0 Å². The van der Waals surface area contributed by atoms with E-state index in [0.717, 1.165) is 38.0 Å². The van der Waals surface area contributed by atoms with Crippen molar-refractivity contribution in [2.75, 3.05) is 32.7 Å². The minimum Gasteiger partial charge on any atom is -0.481 e. The van der Waals surface area contributed by atoms with Crippen LogP contribution < -0.4 is 10.1 Å². The first-order valence-corrected chi connectivity index (χ1v) is 9.07. The van der Waals surface area contributed by atoms with Gasteiger partial charge in [-0.05, 0) is 38.8 Å². The molecule has 2 heterocycles. The molecule has 6 nitrogen and oxygen atoms in total. The highest BCUT2D eigenvalue weighted by Gasteiger charge is 2.33. The van der Waals surface area contributed by atoms with Gasteiger partial charge in [0.15, 0.2) is 6.10 Å². The summed E-state index contributed by atoms with van der Waals surface area (Å²) < 4.78 is 5.80. The average Bonchev–Trinajstić information content (AvgIpc) is 2.63. The van der Waals surface area contributed by atoms with Crippen molar-refractivity contribution < 1.29 is 14.3 Å². The molecule has 2 aliphatic heterocycles. The summed E-state index contributed by atoms with van der Waals surface area (Å²) in [6, 6.07) is 7.84. The lowest BCUT2D eigenvalue weighted by Crippen LogP contribution is -2.58. The highest BCUT2D eigenvalue weighted by Crippen LogP contribution is 2.19. The van der Waals surface area contributed by atoms with Crippen LogP contribution in [0, 0.1) is 6.92 Å². The Labute approximate surface area is 161 Å². The van der Waals surface area contributed by atoms with Crippen LogP contribution in [0.2, 0.25) is 0 Å². The molecule has 0 radical (unpaired) electrons. The van der Waals surface area contributed by atoms with E-state index in [1.54, 1.807) is 6.92 Å². The predicted octanol–water partition coefficient (Wildman–Crippen LogP) is 1.61. The van der Waals surface area contributed by atoms with Crippen LogP contribution in [0.3, 0.4) is 0 Å². The fraction of sp³-hybridized carbons (Fsp3) is 0.579. The smallest absolute Gasteiger partial charge is 0.263 e. The molecule has 2 amide bonds. The number of carbonyl (C=O) groups excluding carboxylic acids is 2. The second-order valence-electron chi connectivity index (χ2n) is 6.92. The second kappa shape index (κ2) is 9.24. The van der Waals surface area contributed by atoms with Crippen molar-refractivity contribution >= 4 is 24.2 Å². The Hall–Kier alpha value is -1.79. The number of nitrogens with one attached hydrogen (secondary N) is 1. The first-order valence-electron chi connectivity index (χ1n) is 9.07. The molecule has 3 rings (SSSR count). The van der Waals surface area contributed by atoms with E-state index < -0.39 is 6.10 Å². The summed E-state index contributed by atoms with van der Waals surface area (Å²) in [6.07, 6.45) is 1.35. The zero-order chi connectivity index (χ0) is 17.8. The molecule has 1 aromatic rings. The van der Waals surface area contributed by atoms with Crippen LogP contribution in [0.15, 0.2) is 24.3 Å². The van der Waals surface area contributed by atoms with E-state index in [9.17, 15) is 9.59 Å². The number of ether oxygens (including phenoxy) is 1. The predicted molar refractivity (Wildman–Crippen MR) is 103 cm³/mol. The molecular weight excluding hydrogens is 354 g/mol. The van der Waals surface area contributed by atoms with E-state index in [0.29, 0.717) is 18.8 Å². The van der Waals surface area contributed by atoms with Gasteiger partial charge >= 0.3 is 0 Å². The van der Waals surface area contributed by atoms with Crippen LogP contribution >= 0.6 is 12.4 Å². The van der Waals surface area contributed by atoms with E-state index in [1.807, 2.05) is 41.0 Å². The summed E-state index contributed by atoms with van der Waals surface area (Å²) in [5, 5.41) is 3.10. The Kier molecular flexibility index (Phi) is 7.29. The largest absolute Gasteiger partial charge is 0.481 e. The minimum absolute atomic E-state index is 0. The van der Waals surface area contributed by atoms with Crippen molar-refractivity contribution in [1.82, 2.24) is 15.1 Å². The normalized spacial score (nSPS) is 21.8. The molecule has 144 valence electrons. The lowest BCUT2D eigenvalue weighted by atomic mass is 10.0. The molecule has 0 aliphatic carbocycles. The third-order valence-corrected chi connectivity index (χ3v) is 4.96. The van der Waals surface area contributed by atoms with Crippen molar-refractivity contribution in [1.29, 1.82) is 0 Å². The van der Waals surface area contributed by atoms with Crippen molar-refractivity contribution in [2.45, 2.75) is 38.8 Å². The fourth-order valence-corrected chi connectivity index (χ4v) is 3.55. The lowest BCUT2D eigenvalue weighted by molar-refractivity contribution is -0.144. The number of rotatable bonds is 4. The quantitative estimate of drug-likeness (QED) is 0.860. The molecule has 2 unspecified atom stereocenters. The summed E-state index contributed by atoms with van der Waals surface area (Å²) in [7, 11) is 0. The zero-order valence-corrected chi connectivity index (χ0v) is 16.3. The summed E-state index contributed by atoms with van der Waals surface area (Å²) in [5.41, 5.74) is 1.16. The van der Waals surface area contributed by atoms with Gasteiger partial charge in [-0.25, -0.2) is 0 Å². The number of benzene rings is 1. The van der Waals surface area contributed by atoms with Crippen LogP contribution in [0.4, 0.5) is 0 Å². The van der Waals surface area contributed by atoms with Gasteiger partial charge in [0.25, 0.3) is 5.91 Å². The Balaban J connectivity index is 0.00000243. The summed E-state index contributed by atoms with van der Waals surface area (Å²) in [4.78, 5) is 28.7. The van der Waals surface area contributed by atoms with E-state index in [4.69, 9.17) is 4.74 Å². The van der Waals surface area contributed by atoms with Gasteiger partial charge in [0, 0.05) is 32.2 Å². The van der Waals surface area contributed by atoms with Gasteiger partial charge in [-0.3, -0.25) is 9.59 Å². The maximum absolute atomic E-state index is 12.8. The van der Waals surface area contributed by atoms with Gasteiger partial charge in [-0.2, -0.15) is 0 Å². The first-order chi connectivity index (χ1) is 12.0. The van der Waals surface area contributed by atoms with Crippen LogP contribution in [-0.4, -0.2) is 66.5 Å². The van der Waals surface area contributed by atoms with Crippen molar-refractivity contribution in [2.24, 2.45) is 0 Å². The standard InChI is InChI=1S/C19H27N3O3.ClH/c1-14-5-7-17(8-6-14)25-15(2)19(24)21-10-3-4-16(13-21)22-11-9-20-12-18(22)23;/h5-8,15-16,20H,3-4,9-13H2,1-2H3;1H. The number of amides is 2. The SMILES string of the molecule is Cc1ccc(OC(C)C(=O)N2CCCC(N3CCNCC3=O)C2)cc1.Cl. The zero-order valence-electron chi connectivity index (χ0n) is 15.4. The molecule has 2 aliphatic rings. The highest BCUT2D eigenvalue weighted by molar-refractivity contribution is 5.85. The van der Waals surface area contributed by atoms with E-state index >= 15 is 0 Å². The number of piperazine rings is 1. The third kappa shape index (κ3) is 4.89. The molecule has 26 heavy (non-hydrogen) atoms.